The van der Waals surface area contributed by atoms with Crippen LogP contribution in [0, 0.1) is 0 Å². The van der Waals surface area contributed by atoms with Crippen LogP contribution in [0.2, 0.25) is 0 Å². The van der Waals surface area contributed by atoms with Crippen LogP contribution in [0.5, 0.6) is 0 Å². The molecule has 0 bridgehead atoms. The number of hydrogen-bond donors (Lipinski definition) is 1. The third kappa shape index (κ3) is 2.86. The van der Waals surface area contributed by atoms with Crippen LogP contribution in [-0.2, 0) is 0 Å². The Morgan fingerprint density at radius 3 is 2.84 bits per heavy atom. The van der Waals surface area contributed by atoms with Gasteiger partial charge in [0.25, 0.3) is 0 Å². The highest BCUT2D eigenvalue weighted by Crippen LogP contribution is 2.30. The van der Waals surface area contributed by atoms with Crippen LogP contribution >= 0.6 is 22.7 Å². The zero-order valence-corrected chi connectivity index (χ0v) is 12.6. The number of nitrogens with one attached hydrogen (secondary N) is 1. The quantitative estimate of drug-likeness (QED) is 0.941. The molecule has 0 aliphatic carbocycles. The first-order valence-corrected chi connectivity index (χ1v) is 8.49. The van der Waals surface area contributed by atoms with Crippen molar-refractivity contribution < 1.29 is 0 Å². The molecule has 1 N–H and O–H groups in total. The van der Waals surface area contributed by atoms with Gasteiger partial charge in [-0.15, -0.1) is 22.7 Å². The molecule has 1 saturated heterocycles. The lowest BCUT2D eigenvalue weighted by Gasteiger charge is -2.33. The maximum atomic E-state index is 4.80. The third-order valence-corrected chi connectivity index (χ3v) is 5.01. The SMILES string of the molecule is CCC(c1nc(-c2cscn2)cs1)N1CCNCC1. The van der Waals surface area contributed by atoms with Crippen molar-refractivity contribution in [3.8, 4) is 11.4 Å². The van der Waals surface area contributed by atoms with Crippen molar-refractivity contribution in [3.63, 3.8) is 0 Å². The summed E-state index contributed by atoms with van der Waals surface area (Å²) in [4.78, 5) is 11.7. The van der Waals surface area contributed by atoms with Gasteiger partial charge in [0.15, 0.2) is 0 Å². The van der Waals surface area contributed by atoms with Crippen molar-refractivity contribution in [2.24, 2.45) is 0 Å². The maximum Gasteiger partial charge on any atom is 0.111 e. The van der Waals surface area contributed by atoms with Gasteiger partial charge in [0.1, 0.15) is 16.4 Å². The molecule has 1 aliphatic heterocycles. The van der Waals surface area contributed by atoms with Gasteiger partial charge >= 0.3 is 0 Å². The summed E-state index contributed by atoms with van der Waals surface area (Å²) >= 11 is 3.39. The van der Waals surface area contributed by atoms with Gasteiger partial charge < -0.3 is 5.32 Å². The van der Waals surface area contributed by atoms with Crippen LogP contribution < -0.4 is 5.32 Å². The van der Waals surface area contributed by atoms with E-state index in [-0.39, 0.29) is 0 Å². The number of rotatable bonds is 4. The Hall–Kier alpha value is -0.820. The molecule has 4 nitrogen and oxygen atoms in total. The van der Waals surface area contributed by atoms with Crippen LogP contribution in [0.4, 0.5) is 0 Å². The van der Waals surface area contributed by atoms with Crippen molar-refractivity contribution in [1.82, 2.24) is 20.2 Å². The summed E-state index contributed by atoms with van der Waals surface area (Å²) in [7, 11) is 0. The molecule has 6 heteroatoms. The Morgan fingerprint density at radius 1 is 1.32 bits per heavy atom. The van der Waals surface area contributed by atoms with Crippen LogP contribution in [0.25, 0.3) is 11.4 Å². The number of piperazine rings is 1. The number of aromatic nitrogens is 2. The highest BCUT2D eigenvalue weighted by molar-refractivity contribution is 7.10. The van der Waals surface area contributed by atoms with E-state index in [0.29, 0.717) is 6.04 Å². The first kappa shape index (κ1) is 13.2. The van der Waals surface area contributed by atoms with Crippen molar-refractivity contribution in [3.05, 3.63) is 21.3 Å². The van der Waals surface area contributed by atoms with Gasteiger partial charge in [0, 0.05) is 36.9 Å². The Bertz CT molecular complexity index is 502. The highest BCUT2D eigenvalue weighted by Gasteiger charge is 2.23. The molecule has 0 amide bonds. The van der Waals surface area contributed by atoms with Crippen molar-refractivity contribution >= 4 is 22.7 Å². The number of hydrogen-bond acceptors (Lipinski definition) is 6. The molecule has 3 heterocycles. The van der Waals surface area contributed by atoms with Crippen molar-refractivity contribution in [2.75, 3.05) is 26.2 Å². The molecule has 19 heavy (non-hydrogen) atoms. The smallest absolute Gasteiger partial charge is 0.111 e. The molecular weight excluding hydrogens is 276 g/mol. The Labute approximate surface area is 121 Å². The summed E-state index contributed by atoms with van der Waals surface area (Å²) in [6.45, 7) is 6.65. The van der Waals surface area contributed by atoms with Gasteiger partial charge in [-0.05, 0) is 6.42 Å². The average Bonchev–Trinajstić information content (AvgIpc) is 3.11. The standard InChI is InChI=1S/C13H18N4S2/c1-2-12(17-5-3-14-4-6-17)13-16-11(8-19-13)10-7-18-9-15-10/h7-9,12,14H,2-6H2,1H3. The molecule has 2 aromatic heterocycles. The highest BCUT2D eigenvalue weighted by atomic mass is 32.1. The molecule has 3 rings (SSSR count). The second kappa shape index (κ2) is 6.09. The Balaban J connectivity index is 1.79. The van der Waals surface area contributed by atoms with E-state index >= 15 is 0 Å². The van der Waals surface area contributed by atoms with E-state index in [1.54, 1.807) is 22.7 Å². The minimum Gasteiger partial charge on any atom is -0.314 e. The zero-order chi connectivity index (χ0) is 13.1. The summed E-state index contributed by atoms with van der Waals surface area (Å²) in [5, 5.41) is 8.83. The first-order valence-electron chi connectivity index (χ1n) is 6.67. The number of thiazole rings is 2. The molecule has 1 fully saturated rings. The molecule has 1 atom stereocenters. The number of nitrogens with zero attached hydrogens (tertiary/aromatic N) is 3. The Morgan fingerprint density at radius 2 is 2.16 bits per heavy atom. The fraction of sp³-hybridized carbons (Fsp3) is 0.538. The monoisotopic (exact) mass is 294 g/mol. The topological polar surface area (TPSA) is 41.1 Å². The van der Waals surface area contributed by atoms with Crippen LogP contribution in [0.15, 0.2) is 16.3 Å². The first-order chi connectivity index (χ1) is 9.38. The second-order valence-corrected chi connectivity index (χ2v) is 6.26. The summed E-state index contributed by atoms with van der Waals surface area (Å²) in [5.74, 6) is 0. The molecular formula is C13H18N4S2. The minimum absolute atomic E-state index is 0.458. The lowest BCUT2D eigenvalue weighted by atomic mass is 10.2. The van der Waals surface area contributed by atoms with Crippen LogP contribution in [-0.4, -0.2) is 41.0 Å². The van der Waals surface area contributed by atoms with E-state index in [0.717, 1.165) is 44.0 Å². The fourth-order valence-electron chi connectivity index (χ4n) is 2.48. The molecule has 2 aromatic rings. The van der Waals surface area contributed by atoms with Gasteiger partial charge in [-0.1, -0.05) is 6.92 Å². The lowest BCUT2D eigenvalue weighted by Crippen LogP contribution is -2.45. The van der Waals surface area contributed by atoms with Gasteiger partial charge in [0.2, 0.25) is 0 Å². The lowest BCUT2D eigenvalue weighted by molar-refractivity contribution is 0.169. The van der Waals surface area contributed by atoms with E-state index in [4.69, 9.17) is 4.98 Å². The van der Waals surface area contributed by atoms with Crippen molar-refractivity contribution in [1.29, 1.82) is 0 Å². The average molecular weight is 294 g/mol. The molecule has 0 saturated carbocycles. The van der Waals surface area contributed by atoms with E-state index < -0.39 is 0 Å². The molecule has 102 valence electrons. The normalized spacial score (nSPS) is 18.6. The fourth-order valence-corrected chi connectivity index (χ4v) is 4.06. The molecule has 0 spiro atoms. The van der Waals surface area contributed by atoms with Gasteiger partial charge in [0.05, 0.1) is 11.6 Å². The molecule has 1 aliphatic rings. The van der Waals surface area contributed by atoms with E-state index in [1.165, 1.54) is 5.01 Å². The van der Waals surface area contributed by atoms with Crippen molar-refractivity contribution in [2.45, 2.75) is 19.4 Å². The summed E-state index contributed by atoms with van der Waals surface area (Å²) < 4.78 is 0. The maximum absolute atomic E-state index is 4.80. The van der Waals surface area contributed by atoms with E-state index in [2.05, 4.69) is 32.9 Å². The largest absolute Gasteiger partial charge is 0.314 e. The minimum atomic E-state index is 0.458. The summed E-state index contributed by atoms with van der Waals surface area (Å²) in [6, 6.07) is 0.458. The summed E-state index contributed by atoms with van der Waals surface area (Å²) in [6.07, 6.45) is 1.12. The van der Waals surface area contributed by atoms with Gasteiger partial charge in [-0.25, -0.2) is 9.97 Å². The van der Waals surface area contributed by atoms with Crippen LogP contribution in [0.1, 0.15) is 24.4 Å². The molecule has 0 radical (unpaired) electrons. The second-order valence-electron chi connectivity index (χ2n) is 4.65. The summed E-state index contributed by atoms with van der Waals surface area (Å²) in [5.41, 5.74) is 3.89. The van der Waals surface area contributed by atoms with Gasteiger partial charge in [-0.3, -0.25) is 4.90 Å². The molecule has 1 unspecified atom stereocenters. The predicted molar refractivity (Wildman–Crippen MR) is 80.7 cm³/mol. The third-order valence-electron chi connectivity index (χ3n) is 3.48. The van der Waals surface area contributed by atoms with Gasteiger partial charge in [-0.2, -0.15) is 0 Å². The van der Waals surface area contributed by atoms with Crippen LogP contribution in [0.3, 0.4) is 0 Å². The zero-order valence-electron chi connectivity index (χ0n) is 11.0. The van der Waals surface area contributed by atoms with E-state index in [9.17, 15) is 0 Å². The van der Waals surface area contributed by atoms with E-state index in [1.807, 2.05) is 5.51 Å². The molecule has 0 aromatic carbocycles. The Kier molecular flexibility index (Phi) is 4.22. The predicted octanol–water partition coefficient (Wildman–Crippen LogP) is 2.62.